The van der Waals surface area contributed by atoms with Gasteiger partial charge in [-0.2, -0.15) is 0 Å². The van der Waals surface area contributed by atoms with Crippen LogP contribution in [0, 0.1) is 0 Å². The topological polar surface area (TPSA) is 26.3 Å². The maximum absolute atomic E-state index is 12.3. The number of rotatable bonds is 2. The Labute approximate surface area is 127 Å². The summed E-state index contributed by atoms with van der Waals surface area (Å²) in [6.45, 7) is 2.47. The minimum Gasteiger partial charge on any atom is -0.479 e. The lowest BCUT2D eigenvalue weighted by Crippen LogP contribution is -1.96. The number of benzene rings is 2. The Morgan fingerprint density at radius 3 is 2.55 bits per heavy atom. The quantitative estimate of drug-likeness (QED) is 0.520. The van der Waals surface area contributed by atoms with Crippen LogP contribution < -0.4 is 0 Å². The van der Waals surface area contributed by atoms with Gasteiger partial charge >= 0.3 is 0 Å². The van der Waals surface area contributed by atoms with Crippen molar-refractivity contribution >= 4 is 34.1 Å². The van der Waals surface area contributed by atoms with Gasteiger partial charge in [0, 0.05) is 16.0 Å². The second kappa shape index (κ2) is 5.38. The highest BCUT2D eigenvalue weighted by atomic mass is 32.2. The molecule has 100 valence electrons. The number of thioether (sulfide) groups is 1. The zero-order valence-corrected chi connectivity index (χ0v) is 12.5. The van der Waals surface area contributed by atoms with Crippen LogP contribution in [-0.2, 0) is 4.74 Å². The molecule has 2 aromatic rings. The second-order valence-corrected chi connectivity index (χ2v) is 6.04. The fourth-order valence-corrected chi connectivity index (χ4v) is 3.40. The first-order valence-electron chi connectivity index (χ1n) is 6.33. The lowest BCUT2D eigenvalue weighted by molar-refractivity contribution is 0.104. The van der Waals surface area contributed by atoms with E-state index in [0.717, 1.165) is 27.1 Å². The van der Waals surface area contributed by atoms with E-state index < -0.39 is 0 Å². The number of ketones is 1. The van der Waals surface area contributed by atoms with Crippen LogP contribution in [-0.4, -0.2) is 16.8 Å². The van der Waals surface area contributed by atoms with Gasteiger partial charge in [0.25, 0.3) is 0 Å². The number of ether oxygens (including phenoxy) is 1. The summed E-state index contributed by atoms with van der Waals surface area (Å²) in [5.74, 6) is 0.0968. The molecule has 3 rings (SSSR count). The Balaban J connectivity index is 1.99. The molecule has 1 aliphatic carbocycles. The zero-order chi connectivity index (χ0) is 14.1. The molecule has 0 saturated carbocycles. The Hall–Kier alpha value is -1.65. The molecule has 0 fully saturated rings. The Kier molecular flexibility index (Phi) is 3.59. The molecule has 4 heteroatoms. The van der Waals surface area contributed by atoms with E-state index in [9.17, 15) is 4.79 Å². The third-order valence-corrected chi connectivity index (χ3v) is 4.30. The molecule has 0 aliphatic heterocycles. The van der Waals surface area contributed by atoms with Crippen molar-refractivity contribution in [1.29, 1.82) is 0 Å². The fraction of sp³-hybridized carbons (Fsp3) is 0.125. The molecule has 0 radical (unpaired) electrons. The molecule has 0 atom stereocenters. The summed E-state index contributed by atoms with van der Waals surface area (Å²) in [6, 6.07) is 13.5. The maximum Gasteiger partial charge on any atom is 0.224 e. The van der Waals surface area contributed by atoms with Crippen LogP contribution >= 0.6 is 24.0 Å². The first kappa shape index (κ1) is 13.3. The van der Waals surface area contributed by atoms with Gasteiger partial charge in [-0.15, -0.1) is 0 Å². The number of carbonyl (C=O) groups is 1. The Morgan fingerprint density at radius 1 is 1.10 bits per heavy atom. The lowest BCUT2D eigenvalue weighted by atomic mass is 10.1. The van der Waals surface area contributed by atoms with E-state index in [-0.39, 0.29) is 5.78 Å². The summed E-state index contributed by atoms with van der Waals surface area (Å²) in [5.41, 5.74) is 3.52. The fourth-order valence-electron chi connectivity index (χ4n) is 2.31. The highest BCUT2D eigenvalue weighted by Crippen LogP contribution is 2.38. The Bertz CT molecular complexity index is 707. The minimum atomic E-state index is 0.0968. The molecule has 0 unspecified atom stereocenters. The Morgan fingerprint density at radius 2 is 1.80 bits per heavy atom. The van der Waals surface area contributed by atoms with Gasteiger partial charge in [-0.05, 0) is 60.2 Å². The van der Waals surface area contributed by atoms with Gasteiger partial charge in [-0.1, -0.05) is 24.3 Å². The molecule has 2 aromatic carbocycles. The zero-order valence-electron chi connectivity index (χ0n) is 10.9. The largest absolute Gasteiger partial charge is 0.479 e. The summed E-state index contributed by atoms with van der Waals surface area (Å²) in [4.78, 5) is 13.3. The molecule has 1 aliphatic rings. The number of thiocarbonyl (C=S) groups is 1. The molecular formula is C16H12O2S2. The summed E-state index contributed by atoms with van der Waals surface area (Å²) >= 11 is 6.55. The normalized spacial score (nSPS) is 11.9. The van der Waals surface area contributed by atoms with Gasteiger partial charge in [0.15, 0.2) is 5.78 Å². The SMILES string of the molecule is CCOC(=S)Sc1ccc2c(c1)-c1ccccc1C2=O. The standard InChI is InChI=1S/C16H12O2S2/c1-2-18-16(19)20-10-7-8-13-14(9-10)11-5-3-4-6-12(11)15(13)17/h3-9H,2H2,1H3. The molecule has 0 bridgehead atoms. The molecular weight excluding hydrogens is 288 g/mol. The predicted molar refractivity (Wildman–Crippen MR) is 85.4 cm³/mol. The summed E-state index contributed by atoms with van der Waals surface area (Å²) in [7, 11) is 0. The molecule has 0 aromatic heterocycles. The average Bonchev–Trinajstić information content (AvgIpc) is 2.73. The van der Waals surface area contributed by atoms with Crippen molar-refractivity contribution in [1.82, 2.24) is 0 Å². The van der Waals surface area contributed by atoms with Crippen LogP contribution in [0.3, 0.4) is 0 Å². The third kappa shape index (κ3) is 2.25. The minimum absolute atomic E-state index is 0.0968. The van der Waals surface area contributed by atoms with Crippen LogP contribution in [0.4, 0.5) is 0 Å². The summed E-state index contributed by atoms with van der Waals surface area (Å²) < 4.78 is 5.79. The van der Waals surface area contributed by atoms with Crippen LogP contribution in [0.2, 0.25) is 0 Å². The summed E-state index contributed by atoms with van der Waals surface area (Å²) in [5, 5.41) is 0. The van der Waals surface area contributed by atoms with E-state index in [1.807, 2.05) is 49.4 Å². The average molecular weight is 300 g/mol. The molecule has 2 nitrogen and oxygen atoms in total. The van der Waals surface area contributed by atoms with Gasteiger partial charge in [-0.3, -0.25) is 4.79 Å². The first-order chi connectivity index (χ1) is 9.70. The van der Waals surface area contributed by atoms with Gasteiger partial charge in [0.1, 0.15) is 0 Å². The molecule has 0 saturated heterocycles. The molecule has 0 heterocycles. The lowest BCUT2D eigenvalue weighted by Gasteiger charge is -2.06. The van der Waals surface area contributed by atoms with E-state index >= 15 is 0 Å². The van der Waals surface area contributed by atoms with Crippen molar-refractivity contribution in [2.75, 3.05) is 6.61 Å². The van der Waals surface area contributed by atoms with E-state index in [2.05, 4.69) is 0 Å². The third-order valence-electron chi connectivity index (χ3n) is 3.16. The van der Waals surface area contributed by atoms with Gasteiger partial charge in [-0.25, -0.2) is 0 Å². The van der Waals surface area contributed by atoms with Gasteiger partial charge < -0.3 is 4.74 Å². The van der Waals surface area contributed by atoms with Crippen LogP contribution in [0.1, 0.15) is 22.8 Å². The van der Waals surface area contributed by atoms with E-state index in [4.69, 9.17) is 17.0 Å². The number of hydrogen-bond acceptors (Lipinski definition) is 4. The van der Waals surface area contributed by atoms with E-state index in [1.54, 1.807) is 0 Å². The summed E-state index contributed by atoms with van der Waals surface area (Å²) in [6.07, 6.45) is 0. The molecule has 0 amide bonds. The number of fused-ring (bicyclic) bond motifs is 3. The maximum atomic E-state index is 12.3. The highest BCUT2D eigenvalue weighted by Gasteiger charge is 2.26. The first-order valence-corrected chi connectivity index (χ1v) is 7.56. The van der Waals surface area contributed by atoms with Gasteiger partial charge in [0.2, 0.25) is 4.38 Å². The monoisotopic (exact) mass is 300 g/mol. The van der Waals surface area contributed by atoms with Crippen molar-refractivity contribution in [3.63, 3.8) is 0 Å². The predicted octanol–water partition coefficient (Wildman–Crippen LogP) is 4.31. The van der Waals surface area contributed by atoms with Crippen molar-refractivity contribution in [2.45, 2.75) is 11.8 Å². The highest BCUT2D eigenvalue weighted by molar-refractivity contribution is 8.22. The van der Waals surface area contributed by atoms with Crippen LogP contribution in [0.15, 0.2) is 47.4 Å². The van der Waals surface area contributed by atoms with Crippen LogP contribution in [0.5, 0.6) is 0 Å². The smallest absolute Gasteiger partial charge is 0.224 e. The second-order valence-electron chi connectivity index (χ2n) is 4.37. The van der Waals surface area contributed by atoms with Crippen LogP contribution in [0.25, 0.3) is 11.1 Å². The molecule has 0 spiro atoms. The van der Waals surface area contributed by atoms with Crippen molar-refractivity contribution < 1.29 is 9.53 Å². The molecule has 20 heavy (non-hydrogen) atoms. The molecule has 0 N–H and O–H groups in total. The van der Waals surface area contributed by atoms with Crippen molar-refractivity contribution in [2.24, 2.45) is 0 Å². The number of hydrogen-bond donors (Lipinski definition) is 0. The van der Waals surface area contributed by atoms with Crippen molar-refractivity contribution in [3.8, 4) is 11.1 Å². The number of carbonyl (C=O) groups excluding carboxylic acids is 1. The van der Waals surface area contributed by atoms with E-state index in [1.165, 1.54) is 11.8 Å². The van der Waals surface area contributed by atoms with E-state index in [0.29, 0.717) is 11.0 Å². The van der Waals surface area contributed by atoms with Gasteiger partial charge in [0.05, 0.1) is 6.61 Å². The van der Waals surface area contributed by atoms with Crippen molar-refractivity contribution in [3.05, 3.63) is 53.6 Å².